The van der Waals surface area contributed by atoms with Crippen LogP contribution in [0, 0.1) is 19.3 Å². The van der Waals surface area contributed by atoms with E-state index in [1.165, 1.54) is 17.0 Å². The van der Waals surface area contributed by atoms with Crippen molar-refractivity contribution in [2.75, 3.05) is 0 Å². The number of imidazole rings is 1. The maximum atomic E-state index is 6.12. The molecule has 2 aromatic rings. The van der Waals surface area contributed by atoms with Crippen molar-refractivity contribution < 1.29 is 0 Å². The van der Waals surface area contributed by atoms with Crippen LogP contribution in [-0.2, 0) is 0 Å². The number of halogens is 1. The van der Waals surface area contributed by atoms with Crippen LogP contribution < -0.4 is 0 Å². The van der Waals surface area contributed by atoms with E-state index in [0.717, 1.165) is 10.8 Å². The van der Waals surface area contributed by atoms with Gasteiger partial charge >= 0.3 is 0 Å². The van der Waals surface area contributed by atoms with Crippen LogP contribution in [0.5, 0.6) is 0 Å². The van der Waals surface area contributed by atoms with Gasteiger partial charge in [0.25, 0.3) is 0 Å². The fourth-order valence-electron chi connectivity index (χ4n) is 3.40. The largest absolute Gasteiger partial charge is 0.346 e. The standard InChI is InChI=1S/C16H19ClN2/c1-9-15(19-10(2)18-9)14-13(16(14,3)4)11-6-5-7-12(17)8-11/h5-8,13-14H,1-4H3,(H,18,19). The molecular weight excluding hydrogens is 256 g/mol. The van der Waals surface area contributed by atoms with E-state index >= 15 is 0 Å². The summed E-state index contributed by atoms with van der Waals surface area (Å²) < 4.78 is 0. The summed E-state index contributed by atoms with van der Waals surface area (Å²) in [6, 6.07) is 8.22. The summed E-state index contributed by atoms with van der Waals surface area (Å²) in [6.07, 6.45) is 0. The first-order chi connectivity index (χ1) is 8.91. The lowest BCUT2D eigenvalue weighted by atomic mass is 10.0. The van der Waals surface area contributed by atoms with E-state index in [-0.39, 0.29) is 5.41 Å². The number of aryl methyl sites for hydroxylation is 2. The molecule has 0 radical (unpaired) electrons. The molecular formula is C16H19ClN2. The van der Waals surface area contributed by atoms with Crippen LogP contribution in [0.4, 0.5) is 0 Å². The lowest BCUT2D eigenvalue weighted by Gasteiger charge is -2.02. The van der Waals surface area contributed by atoms with E-state index in [4.69, 9.17) is 11.6 Å². The van der Waals surface area contributed by atoms with Crippen molar-refractivity contribution in [1.82, 2.24) is 9.97 Å². The Bertz CT molecular complexity index is 627. The van der Waals surface area contributed by atoms with Gasteiger partial charge in [0, 0.05) is 16.6 Å². The third kappa shape index (κ3) is 1.99. The average molecular weight is 275 g/mol. The Labute approximate surface area is 119 Å². The molecule has 19 heavy (non-hydrogen) atoms. The molecule has 1 aliphatic rings. The van der Waals surface area contributed by atoms with Crippen LogP contribution in [-0.4, -0.2) is 9.97 Å². The van der Waals surface area contributed by atoms with Crippen molar-refractivity contribution in [2.24, 2.45) is 5.41 Å². The van der Waals surface area contributed by atoms with Crippen molar-refractivity contribution in [2.45, 2.75) is 39.5 Å². The number of rotatable bonds is 2. The molecule has 1 aromatic carbocycles. The van der Waals surface area contributed by atoms with E-state index < -0.39 is 0 Å². The van der Waals surface area contributed by atoms with Crippen molar-refractivity contribution in [3.8, 4) is 0 Å². The summed E-state index contributed by atoms with van der Waals surface area (Å²) in [5, 5.41) is 0.814. The van der Waals surface area contributed by atoms with Gasteiger partial charge in [-0.2, -0.15) is 0 Å². The molecule has 2 unspecified atom stereocenters. The third-order valence-electron chi connectivity index (χ3n) is 4.37. The number of aromatic amines is 1. The highest BCUT2D eigenvalue weighted by Crippen LogP contribution is 2.69. The smallest absolute Gasteiger partial charge is 0.103 e. The highest BCUT2D eigenvalue weighted by atomic mass is 35.5. The first kappa shape index (κ1) is 12.7. The molecule has 0 aliphatic heterocycles. The molecule has 0 bridgehead atoms. The van der Waals surface area contributed by atoms with Crippen LogP contribution in [0.15, 0.2) is 24.3 Å². The molecule has 1 aromatic heterocycles. The van der Waals surface area contributed by atoms with Crippen molar-refractivity contribution >= 4 is 11.6 Å². The van der Waals surface area contributed by atoms with Gasteiger partial charge in [-0.25, -0.2) is 4.98 Å². The van der Waals surface area contributed by atoms with Crippen LogP contribution in [0.25, 0.3) is 0 Å². The molecule has 0 saturated heterocycles. The van der Waals surface area contributed by atoms with E-state index in [1.807, 2.05) is 19.1 Å². The number of H-pyrrole nitrogens is 1. The summed E-state index contributed by atoms with van der Waals surface area (Å²) >= 11 is 6.12. The second kappa shape index (κ2) is 4.11. The van der Waals surface area contributed by atoms with Crippen molar-refractivity contribution in [3.63, 3.8) is 0 Å². The van der Waals surface area contributed by atoms with Gasteiger partial charge in [0.05, 0.1) is 5.69 Å². The Morgan fingerprint density at radius 2 is 1.95 bits per heavy atom. The Morgan fingerprint density at radius 1 is 1.21 bits per heavy atom. The van der Waals surface area contributed by atoms with Crippen LogP contribution >= 0.6 is 11.6 Å². The van der Waals surface area contributed by atoms with Gasteiger partial charge in [0.1, 0.15) is 5.82 Å². The first-order valence-corrected chi connectivity index (χ1v) is 7.07. The second-order valence-corrected chi connectivity index (χ2v) is 6.60. The van der Waals surface area contributed by atoms with E-state index in [2.05, 4.69) is 42.9 Å². The Balaban J connectivity index is 1.99. The number of aromatic nitrogens is 2. The normalized spacial score (nSPS) is 24.5. The highest BCUT2D eigenvalue weighted by Gasteiger charge is 2.60. The molecule has 2 nitrogen and oxygen atoms in total. The zero-order valence-corrected chi connectivity index (χ0v) is 12.5. The molecule has 1 N–H and O–H groups in total. The third-order valence-corrected chi connectivity index (χ3v) is 4.61. The quantitative estimate of drug-likeness (QED) is 0.853. The molecule has 0 amide bonds. The second-order valence-electron chi connectivity index (χ2n) is 6.16. The average Bonchev–Trinajstić information content (AvgIpc) is 2.72. The number of nitrogens with one attached hydrogen (secondary N) is 1. The summed E-state index contributed by atoms with van der Waals surface area (Å²) in [7, 11) is 0. The molecule has 3 rings (SSSR count). The first-order valence-electron chi connectivity index (χ1n) is 6.70. The highest BCUT2D eigenvalue weighted by molar-refractivity contribution is 6.30. The lowest BCUT2D eigenvalue weighted by molar-refractivity contribution is 0.597. The van der Waals surface area contributed by atoms with Gasteiger partial charge in [-0.05, 0) is 42.9 Å². The topological polar surface area (TPSA) is 28.7 Å². The van der Waals surface area contributed by atoms with Gasteiger partial charge in [0.15, 0.2) is 0 Å². The summed E-state index contributed by atoms with van der Waals surface area (Å²) in [4.78, 5) is 7.99. The Kier molecular flexibility index (Phi) is 2.75. The molecule has 2 atom stereocenters. The molecule has 1 aliphatic carbocycles. The summed E-state index contributed by atoms with van der Waals surface area (Å²) in [5.41, 5.74) is 3.98. The zero-order valence-electron chi connectivity index (χ0n) is 11.8. The van der Waals surface area contributed by atoms with E-state index in [0.29, 0.717) is 11.8 Å². The minimum atomic E-state index is 0.247. The summed E-state index contributed by atoms with van der Waals surface area (Å²) in [5.74, 6) is 1.99. The van der Waals surface area contributed by atoms with Gasteiger partial charge in [-0.3, -0.25) is 0 Å². The van der Waals surface area contributed by atoms with Crippen LogP contribution in [0.3, 0.4) is 0 Å². The fraction of sp³-hybridized carbons (Fsp3) is 0.438. The molecule has 0 spiro atoms. The zero-order chi connectivity index (χ0) is 13.8. The number of hydrogen-bond acceptors (Lipinski definition) is 1. The molecule has 1 saturated carbocycles. The van der Waals surface area contributed by atoms with Gasteiger partial charge in [-0.15, -0.1) is 0 Å². The van der Waals surface area contributed by atoms with Crippen molar-refractivity contribution in [1.29, 1.82) is 0 Å². The number of nitrogens with zero attached hydrogens (tertiary/aromatic N) is 1. The minimum Gasteiger partial charge on any atom is -0.346 e. The number of benzene rings is 1. The Morgan fingerprint density at radius 3 is 2.53 bits per heavy atom. The van der Waals surface area contributed by atoms with E-state index in [1.54, 1.807) is 0 Å². The maximum absolute atomic E-state index is 6.12. The van der Waals surface area contributed by atoms with Crippen LogP contribution in [0.2, 0.25) is 5.02 Å². The Hall–Kier alpha value is -1.28. The summed E-state index contributed by atoms with van der Waals surface area (Å²) in [6.45, 7) is 8.75. The predicted octanol–water partition coefficient (Wildman–Crippen LogP) is 4.59. The SMILES string of the molecule is Cc1nc(C2C(c3cccc(Cl)c3)C2(C)C)c(C)[nH]1. The monoisotopic (exact) mass is 274 g/mol. The van der Waals surface area contributed by atoms with Gasteiger partial charge in [0.2, 0.25) is 0 Å². The molecule has 1 fully saturated rings. The van der Waals surface area contributed by atoms with Gasteiger partial charge < -0.3 is 4.98 Å². The van der Waals surface area contributed by atoms with E-state index in [9.17, 15) is 0 Å². The molecule has 3 heteroatoms. The molecule has 100 valence electrons. The maximum Gasteiger partial charge on any atom is 0.103 e. The van der Waals surface area contributed by atoms with Gasteiger partial charge in [-0.1, -0.05) is 37.6 Å². The molecule has 1 heterocycles. The number of hydrogen-bond donors (Lipinski definition) is 1. The van der Waals surface area contributed by atoms with Crippen molar-refractivity contribution in [3.05, 3.63) is 52.1 Å². The lowest BCUT2D eigenvalue weighted by Crippen LogP contribution is -1.92. The fourth-order valence-corrected chi connectivity index (χ4v) is 3.60. The predicted molar refractivity (Wildman–Crippen MR) is 78.8 cm³/mol. The van der Waals surface area contributed by atoms with Crippen LogP contribution in [0.1, 0.15) is 48.5 Å². The minimum absolute atomic E-state index is 0.247.